The van der Waals surface area contributed by atoms with Gasteiger partial charge in [-0.2, -0.15) is 0 Å². The Morgan fingerprint density at radius 1 is 1.11 bits per heavy atom. The number of hydrogen-bond acceptors (Lipinski definition) is 2. The van der Waals surface area contributed by atoms with Gasteiger partial charge < -0.3 is 10.4 Å². The van der Waals surface area contributed by atoms with Gasteiger partial charge in [0.05, 0.1) is 0 Å². The standard InChI is InChI=1S/C15H27NO2/c17-8-4-2-1-3-7-16-15(18)11-14-10-12-5-6-13(14)9-12/h12-14,17H,1-11H2,(H,16,18). The van der Waals surface area contributed by atoms with Crippen LogP contribution in [0, 0.1) is 17.8 Å². The number of carbonyl (C=O) groups excluding carboxylic acids is 1. The Bertz CT molecular complexity index is 267. The molecule has 2 aliphatic rings. The molecule has 3 atom stereocenters. The molecular formula is C15H27NO2. The first-order valence-corrected chi connectivity index (χ1v) is 7.67. The van der Waals surface area contributed by atoms with Crippen LogP contribution in [0.5, 0.6) is 0 Å². The molecule has 104 valence electrons. The highest BCUT2D eigenvalue weighted by atomic mass is 16.2. The molecule has 0 aliphatic heterocycles. The fourth-order valence-corrected chi connectivity index (χ4v) is 3.75. The molecule has 0 spiro atoms. The lowest BCUT2D eigenvalue weighted by Crippen LogP contribution is -2.28. The van der Waals surface area contributed by atoms with Gasteiger partial charge in [-0.05, 0) is 49.9 Å². The van der Waals surface area contributed by atoms with Crippen molar-refractivity contribution in [3.8, 4) is 0 Å². The normalized spacial score (nSPS) is 29.7. The smallest absolute Gasteiger partial charge is 0.220 e. The summed E-state index contributed by atoms with van der Waals surface area (Å²) in [5, 5.41) is 11.7. The van der Waals surface area contributed by atoms with Crippen molar-refractivity contribution < 1.29 is 9.90 Å². The van der Waals surface area contributed by atoms with E-state index in [-0.39, 0.29) is 12.5 Å². The lowest BCUT2D eigenvalue weighted by molar-refractivity contribution is -0.122. The Morgan fingerprint density at radius 3 is 2.61 bits per heavy atom. The van der Waals surface area contributed by atoms with E-state index < -0.39 is 0 Å². The van der Waals surface area contributed by atoms with Crippen molar-refractivity contribution in [3.05, 3.63) is 0 Å². The lowest BCUT2D eigenvalue weighted by atomic mass is 9.86. The molecule has 0 aromatic heterocycles. The molecule has 2 N–H and O–H groups in total. The Morgan fingerprint density at radius 2 is 1.94 bits per heavy atom. The van der Waals surface area contributed by atoms with E-state index in [0.29, 0.717) is 5.92 Å². The molecule has 3 unspecified atom stereocenters. The average molecular weight is 253 g/mol. The summed E-state index contributed by atoms with van der Waals surface area (Å²) in [6.07, 6.45) is 10.3. The summed E-state index contributed by atoms with van der Waals surface area (Å²) < 4.78 is 0. The molecule has 2 fully saturated rings. The van der Waals surface area contributed by atoms with E-state index >= 15 is 0 Å². The minimum atomic E-state index is 0.259. The molecule has 2 rings (SSSR count). The van der Waals surface area contributed by atoms with E-state index in [0.717, 1.165) is 50.5 Å². The molecule has 2 saturated carbocycles. The Labute approximate surface area is 110 Å². The highest BCUT2D eigenvalue weighted by Gasteiger charge is 2.39. The highest BCUT2D eigenvalue weighted by molar-refractivity contribution is 5.76. The van der Waals surface area contributed by atoms with Gasteiger partial charge in [-0.3, -0.25) is 4.79 Å². The van der Waals surface area contributed by atoms with Gasteiger partial charge >= 0.3 is 0 Å². The molecule has 3 nitrogen and oxygen atoms in total. The average Bonchev–Trinajstić information content (AvgIpc) is 2.95. The van der Waals surface area contributed by atoms with Gasteiger partial charge in [0.2, 0.25) is 5.91 Å². The quantitative estimate of drug-likeness (QED) is 0.653. The maximum atomic E-state index is 11.8. The zero-order chi connectivity index (χ0) is 12.8. The molecular weight excluding hydrogens is 226 g/mol. The van der Waals surface area contributed by atoms with Crippen molar-refractivity contribution in [2.45, 2.75) is 57.8 Å². The van der Waals surface area contributed by atoms with Crippen LogP contribution in [0.15, 0.2) is 0 Å². The number of amides is 1. The summed E-state index contributed by atoms with van der Waals surface area (Å²) in [6, 6.07) is 0. The van der Waals surface area contributed by atoms with E-state index in [1.807, 2.05) is 0 Å². The molecule has 0 radical (unpaired) electrons. The van der Waals surface area contributed by atoms with Gasteiger partial charge in [0, 0.05) is 19.6 Å². The number of rotatable bonds is 8. The minimum Gasteiger partial charge on any atom is -0.396 e. The summed E-state index contributed by atoms with van der Waals surface area (Å²) in [5.74, 6) is 2.73. The third kappa shape index (κ3) is 3.98. The first kappa shape index (κ1) is 13.9. The fraction of sp³-hybridized carbons (Fsp3) is 0.933. The van der Waals surface area contributed by atoms with Gasteiger partial charge in [0.25, 0.3) is 0 Å². The summed E-state index contributed by atoms with van der Waals surface area (Å²) in [7, 11) is 0. The van der Waals surface area contributed by atoms with Gasteiger partial charge in [-0.1, -0.05) is 19.3 Å². The maximum Gasteiger partial charge on any atom is 0.220 e. The first-order chi connectivity index (χ1) is 8.79. The third-order valence-electron chi connectivity index (χ3n) is 4.74. The molecule has 3 heteroatoms. The predicted molar refractivity (Wildman–Crippen MR) is 72.1 cm³/mol. The molecule has 1 amide bonds. The Kier molecular flexibility index (Phi) is 5.48. The van der Waals surface area contributed by atoms with E-state index in [1.165, 1.54) is 25.7 Å². The van der Waals surface area contributed by atoms with Gasteiger partial charge in [-0.25, -0.2) is 0 Å². The second-order valence-electron chi connectivity index (χ2n) is 6.13. The van der Waals surface area contributed by atoms with E-state index in [1.54, 1.807) is 0 Å². The Hall–Kier alpha value is -0.570. The number of fused-ring (bicyclic) bond motifs is 2. The van der Waals surface area contributed by atoms with Crippen LogP contribution in [0.25, 0.3) is 0 Å². The summed E-state index contributed by atoms with van der Waals surface area (Å²) in [5.41, 5.74) is 0. The van der Waals surface area contributed by atoms with Crippen molar-refractivity contribution >= 4 is 5.91 Å². The van der Waals surface area contributed by atoms with Crippen LogP contribution in [0.4, 0.5) is 0 Å². The number of hydrogen-bond donors (Lipinski definition) is 2. The minimum absolute atomic E-state index is 0.259. The lowest BCUT2D eigenvalue weighted by Gasteiger charge is -2.20. The van der Waals surface area contributed by atoms with E-state index in [9.17, 15) is 4.79 Å². The highest BCUT2D eigenvalue weighted by Crippen LogP contribution is 2.49. The molecule has 2 bridgehead atoms. The monoisotopic (exact) mass is 253 g/mol. The summed E-state index contributed by atoms with van der Waals surface area (Å²) in [6.45, 7) is 1.10. The van der Waals surface area contributed by atoms with Gasteiger partial charge in [0.1, 0.15) is 0 Å². The number of aliphatic hydroxyl groups is 1. The summed E-state index contributed by atoms with van der Waals surface area (Å²) >= 11 is 0. The van der Waals surface area contributed by atoms with Crippen molar-refractivity contribution in [1.29, 1.82) is 0 Å². The summed E-state index contributed by atoms with van der Waals surface area (Å²) in [4.78, 5) is 11.8. The predicted octanol–water partition coefficient (Wildman–Crippen LogP) is 2.48. The van der Waals surface area contributed by atoms with Crippen LogP contribution >= 0.6 is 0 Å². The second-order valence-corrected chi connectivity index (χ2v) is 6.13. The maximum absolute atomic E-state index is 11.8. The van der Waals surface area contributed by atoms with Crippen molar-refractivity contribution in [2.24, 2.45) is 17.8 Å². The van der Waals surface area contributed by atoms with Gasteiger partial charge in [0.15, 0.2) is 0 Å². The van der Waals surface area contributed by atoms with Crippen LogP contribution in [-0.4, -0.2) is 24.2 Å². The number of carbonyl (C=O) groups is 1. The topological polar surface area (TPSA) is 49.3 Å². The van der Waals surface area contributed by atoms with Crippen LogP contribution in [0.3, 0.4) is 0 Å². The Balaban J connectivity index is 1.50. The molecule has 18 heavy (non-hydrogen) atoms. The molecule has 0 saturated heterocycles. The van der Waals surface area contributed by atoms with Crippen LogP contribution in [0.1, 0.15) is 57.8 Å². The third-order valence-corrected chi connectivity index (χ3v) is 4.74. The molecule has 2 aliphatic carbocycles. The van der Waals surface area contributed by atoms with Crippen LogP contribution < -0.4 is 5.32 Å². The van der Waals surface area contributed by atoms with Crippen molar-refractivity contribution in [3.63, 3.8) is 0 Å². The molecule has 0 aromatic rings. The molecule has 0 heterocycles. The first-order valence-electron chi connectivity index (χ1n) is 7.67. The van der Waals surface area contributed by atoms with Crippen molar-refractivity contribution in [1.82, 2.24) is 5.32 Å². The van der Waals surface area contributed by atoms with Crippen molar-refractivity contribution in [2.75, 3.05) is 13.2 Å². The van der Waals surface area contributed by atoms with Gasteiger partial charge in [-0.15, -0.1) is 0 Å². The fourth-order valence-electron chi connectivity index (χ4n) is 3.75. The van der Waals surface area contributed by atoms with Crippen LogP contribution in [0.2, 0.25) is 0 Å². The zero-order valence-electron chi connectivity index (χ0n) is 11.4. The molecule has 0 aromatic carbocycles. The van der Waals surface area contributed by atoms with Crippen LogP contribution in [-0.2, 0) is 4.79 Å². The number of aliphatic hydroxyl groups excluding tert-OH is 1. The largest absolute Gasteiger partial charge is 0.396 e. The number of unbranched alkanes of at least 4 members (excludes halogenated alkanes) is 3. The van der Waals surface area contributed by atoms with E-state index in [4.69, 9.17) is 5.11 Å². The zero-order valence-corrected chi connectivity index (χ0v) is 11.4. The van der Waals surface area contributed by atoms with E-state index in [2.05, 4.69) is 5.32 Å². The second kappa shape index (κ2) is 7.13. The SMILES string of the molecule is O=C(CC1CC2CCC1C2)NCCCCCCO. The number of nitrogens with one attached hydrogen (secondary N) is 1.